The number of nitrogens with zero attached hydrogens (tertiary/aromatic N) is 3. The van der Waals surface area contributed by atoms with Crippen LogP contribution in [0.2, 0.25) is 10.0 Å². The Bertz CT molecular complexity index is 1550. The lowest BCUT2D eigenvalue weighted by atomic mass is 10.0. The van der Waals surface area contributed by atoms with Gasteiger partial charge in [0.15, 0.2) is 15.6 Å². The fourth-order valence-electron chi connectivity index (χ4n) is 3.06. The van der Waals surface area contributed by atoms with Gasteiger partial charge in [0, 0.05) is 17.9 Å². The molecule has 0 amide bonds. The first-order valence-electron chi connectivity index (χ1n) is 10.4. The minimum atomic E-state index is -3.50. The highest BCUT2D eigenvalue weighted by Crippen LogP contribution is 2.38. The maximum absolute atomic E-state index is 12.9. The second-order valence-corrected chi connectivity index (χ2v) is 10.5. The molecule has 0 heterocycles. The molecule has 0 N–H and O–H groups in total. The summed E-state index contributed by atoms with van der Waals surface area (Å²) < 4.78 is 34.2. The molecule has 37 heavy (non-hydrogen) atoms. The van der Waals surface area contributed by atoms with Crippen LogP contribution in [0.4, 0.5) is 17.1 Å². The number of ketones is 2. The third kappa shape index (κ3) is 6.71. The normalized spacial score (nSPS) is 12.1. The van der Waals surface area contributed by atoms with Crippen molar-refractivity contribution in [2.24, 2.45) is 10.2 Å². The van der Waals surface area contributed by atoms with Gasteiger partial charge in [0.25, 0.3) is 0 Å². The van der Waals surface area contributed by atoms with Crippen LogP contribution in [0.25, 0.3) is 4.85 Å². The van der Waals surface area contributed by atoms with E-state index in [1.165, 1.54) is 56.5 Å². The van der Waals surface area contributed by atoms with Gasteiger partial charge in [0.2, 0.25) is 17.6 Å². The number of Topliss-reactive ketones (excluding diaryl/α,β-unsaturated/α-hetero) is 2. The van der Waals surface area contributed by atoms with Crippen LogP contribution in [-0.4, -0.2) is 39.5 Å². The summed E-state index contributed by atoms with van der Waals surface area (Å²) >= 11 is 12.6. The molecular weight excluding hydrogens is 541 g/mol. The number of benzene rings is 3. The molecule has 0 radical (unpaired) electrons. The van der Waals surface area contributed by atoms with E-state index in [0.717, 1.165) is 6.26 Å². The molecule has 12 heteroatoms. The zero-order valence-electron chi connectivity index (χ0n) is 19.7. The molecule has 0 aliphatic heterocycles. The summed E-state index contributed by atoms with van der Waals surface area (Å²) in [5.74, 6) is -0.588. The summed E-state index contributed by atoms with van der Waals surface area (Å²) in [7, 11) is -2.01. The lowest BCUT2D eigenvalue weighted by Crippen LogP contribution is -2.34. The highest BCUT2D eigenvalue weighted by atomic mass is 35.5. The van der Waals surface area contributed by atoms with E-state index in [9.17, 15) is 18.0 Å². The van der Waals surface area contributed by atoms with E-state index >= 15 is 0 Å². The number of halogens is 2. The Morgan fingerprint density at radius 2 is 1.62 bits per heavy atom. The largest absolute Gasteiger partial charge is 0.497 e. The number of carbonyl (C=O) groups is 2. The smallest absolute Gasteiger partial charge is 0.219 e. The number of methoxy groups -OCH3 is 1. The topological polar surface area (TPSA) is 116 Å². The Kier molecular flexibility index (Phi) is 8.65. The number of hydrogen-bond donors (Lipinski definition) is 0. The molecule has 0 aliphatic carbocycles. The molecule has 3 rings (SSSR count). The van der Waals surface area contributed by atoms with Crippen LogP contribution >= 0.6 is 23.2 Å². The van der Waals surface area contributed by atoms with E-state index in [-0.39, 0.29) is 43.3 Å². The van der Waals surface area contributed by atoms with Crippen molar-refractivity contribution in [3.05, 3.63) is 81.6 Å². The Balaban J connectivity index is 1.87. The van der Waals surface area contributed by atoms with Crippen molar-refractivity contribution in [1.82, 2.24) is 0 Å². The molecule has 9 nitrogen and oxygen atoms in total. The molecule has 0 saturated heterocycles. The van der Waals surface area contributed by atoms with Gasteiger partial charge < -0.3 is 9.47 Å². The first kappa shape index (κ1) is 27.8. The van der Waals surface area contributed by atoms with Crippen molar-refractivity contribution >= 4 is 61.7 Å². The van der Waals surface area contributed by atoms with Crippen LogP contribution in [-0.2, 0) is 14.6 Å². The lowest BCUT2D eigenvalue weighted by Gasteiger charge is -2.17. The summed E-state index contributed by atoms with van der Waals surface area (Å²) in [6, 6.07) is 12.7. The van der Waals surface area contributed by atoms with Crippen LogP contribution in [0, 0.1) is 6.57 Å². The lowest BCUT2D eigenvalue weighted by molar-refractivity contribution is -0.121. The maximum atomic E-state index is 12.9. The molecule has 0 spiro atoms. The maximum Gasteiger partial charge on any atom is 0.219 e. The van der Waals surface area contributed by atoms with E-state index in [1.54, 1.807) is 12.1 Å². The predicted octanol–water partition coefficient (Wildman–Crippen LogP) is 6.59. The molecule has 1 unspecified atom stereocenters. The first-order valence-corrected chi connectivity index (χ1v) is 13.1. The van der Waals surface area contributed by atoms with Crippen molar-refractivity contribution in [3.63, 3.8) is 0 Å². The second kappa shape index (κ2) is 11.5. The van der Waals surface area contributed by atoms with E-state index in [2.05, 4.69) is 15.1 Å². The Labute approximate surface area is 223 Å². The summed E-state index contributed by atoms with van der Waals surface area (Å²) in [6.45, 7) is 8.51. The number of hydrogen-bond acceptors (Lipinski definition) is 8. The number of rotatable bonds is 9. The van der Waals surface area contributed by atoms with Gasteiger partial charge in [0.05, 0.1) is 34.3 Å². The second-order valence-electron chi connectivity index (χ2n) is 7.67. The van der Waals surface area contributed by atoms with Gasteiger partial charge in [-0.1, -0.05) is 23.2 Å². The highest BCUT2D eigenvalue weighted by molar-refractivity contribution is 7.90. The first-order chi connectivity index (χ1) is 17.4. The fourth-order valence-corrected chi connectivity index (χ4v) is 4.09. The van der Waals surface area contributed by atoms with Crippen molar-refractivity contribution < 1.29 is 27.5 Å². The minimum Gasteiger partial charge on any atom is -0.497 e. The standard InChI is InChI=1S/C25H19Cl2N3O6S/c1-14(31)25(24(32)15-5-7-16(35-3)8-6-15)36-23-13-18(26)21(12-19(23)27)30-29-20-10-9-17(37(4,33)34)11-22(20)28-2/h5-13,25H,1,3-4H3. The Morgan fingerprint density at radius 1 is 0.973 bits per heavy atom. The fraction of sp³-hybridized carbons (Fsp3) is 0.160. The Hall–Kier alpha value is -3.78. The number of carbonyl (C=O) groups excluding carboxylic acids is 2. The molecule has 0 aliphatic rings. The van der Waals surface area contributed by atoms with E-state index < -0.39 is 27.5 Å². The number of ether oxygens (including phenoxy) is 2. The Morgan fingerprint density at radius 3 is 2.19 bits per heavy atom. The molecule has 0 aromatic heterocycles. The van der Waals surface area contributed by atoms with Crippen LogP contribution in [0.15, 0.2) is 69.7 Å². The summed E-state index contributed by atoms with van der Waals surface area (Å²) in [6.07, 6.45) is -0.437. The van der Waals surface area contributed by atoms with Crippen LogP contribution < -0.4 is 9.47 Å². The van der Waals surface area contributed by atoms with Crippen molar-refractivity contribution in [3.8, 4) is 11.5 Å². The molecule has 0 saturated carbocycles. The predicted molar refractivity (Wildman–Crippen MR) is 139 cm³/mol. The van der Waals surface area contributed by atoms with Crippen LogP contribution in [0.5, 0.6) is 11.5 Å². The van der Waals surface area contributed by atoms with E-state index in [1.807, 2.05) is 0 Å². The van der Waals surface area contributed by atoms with Gasteiger partial charge in [-0.2, -0.15) is 10.2 Å². The quantitative estimate of drug-likeness (QED) is 0.126. The van der Waals surface area contributed by atoms with E-state index in [4.69, 9.17) is 39.2 Å². The molecule has 0 fully saturated rings. The SMILES string of the molecule is [C-]#[N+]c1cc(S(C)(=O)=O)ccc1N=Nc1cc(Cl)c(OC(C(C)=O)C(=O)c2ccc(OC)cc2)cc1Cl. The van der Waals surface area contributed by atoms with Gasteiger partial charge in [-0.3, -0.25) is 9.59 Å². The average Bonchev–Trinajstić information content (AvgIpc) is 2.86. The molecule has 3 aromatic carbocycles. The zero-order chi connectivity index (χ0) is 27.3. The average molecular weight is 560 g/mol. The molecule has 0 bridgehead atoms. The van der Waals surface area contributed by atoms with Gasteiger partial charge in [-0.25, -0.2) is 13.3 Å². The third-order valence-corrected chi connectivity index (χ3v) is 6.70. The van der Waals surface area contributed by atoms with Crippen LogP contribution in [0.3, 0.4) is 0 Å². The van der Waals surface area contributed by atoms with Crippen molar-refractivity contribution in [2.75, 3.05) is 13.4 Å². The van der Waals surface area contributed by atoms with Crippen LogP contribution in [0.1, 0.15) is 17.3 Å². The number of azo groups is 1. The minimum absolute atomic E-state index is 0.00459. The highest BCUT2D eigenvalue weighted by Gasteiger charge is 2.28. The zero-order valence-corrected chi connectivity index (χ0v) is 22.1. The van der Waals surface area contributed by atoms with E-state index in [0.29, 0.717) is 5.75 Å². The summed E-state index contributed by atoms with van der Waals surface area (Å²) in [5.41, 5.74) is 0.459. The molecule has 3 aromatic rings. The van der Waals surface area contributed by atoms with Gasteiger partial charge >= 0.3 is 0 Å². The third-order valence-electron chi connectivity index (χ3n) is 4.99. The van der Waals surface area contributed by atoms with Gasteiger partial charge in [0.1, 0.15) is 17.2 Å². The molecular formula is C25H19Cl2N3O6S. The van der Waals surface area contributed by atoms with Gasteiger partial charge in [-0.05, 0) is 55.5 Å². The monoisotopic (exact) mass is 559 g/mol. The summed E-state index contributed by atoms with van der Waals surface area (Å²) in [5, 5.41) is 8.04. The van der Waals surface area contributed by atoms with Crippen molar-refractivity contribution in [2.45, 2.75) is 17.9 Å². The molecule has 1 atom stereocenters. The van der Waals surface area contributed by atoms with Gasteiger partial charge in [-0.15, -0.1) is 0 Å². The molecule has 190 valence electrons. The van der Waals surface area contributed by atoms with Crippen molar-refractivity contribution in [1.29, 1.82) is 0 Å². The summed E-state index contributed by atoms with van der Waals surface area (Å²) in [4.78, 5) is 28.4. The number of sulfone groups is 1.